The Hall–Kier alpha value is -1.40. The molecule has 0 radical (unpaired) electrons. The average Bonchev–Trinajstić information content (AvgIpc) is 2.54. The minimum atomic E-state index is 0.0184. The van der Waals surface area contributed by atoms with Crippen LogP contribution >= 0.6 is 0 Å². The molecule has 2 rings (SSSR count). The summed E-state index contributed by atoms with van der Waals surface area (Å²) in [4.78, 5) is 18.7. The summed E-state index contributed by atoms with van der Waals surface area (Å²) in [7, 11) is 1.74. The maximum absolute atomic E-state index is 12.3. The van der Waals surface area contributed by atoms with Gasteiger partial charge in [-0.2, -0.15) is 0 Å². The van der Waals surface area contributed by atoms with Crippen molar-refractivity contribution in [1.29, 1.82) is 0 Å². The van der Waals surface area contributed by atoms with E-state index in [-0.39, 0.29) is 5.56 Å². The number of rotatable bonds is 7. The van der Waals surface area contributed by atoms with Gasteiger partial charge in [-0.05, 0) is 33.1 Å². The Morgan fingerprint density at radius 1 is 1.45 bits per heavy atom. The Morgan fingerprint density at radius 3 is 2.82 bits per heavy atom. The number of aryl methyl sites for hydroxylation is 1. The monoisotopic (exact) mass is 308 g/mol. The Balaban J connectivity index is 1.88. The van der Waals surface area contributed by atoms with Crippen LogP contribution in [0.4, 0.5) is 5.82 Å². The molecule has 6 nitrogen and oxygen atoms in total. The largest absolute Gasteiger partial charge is 0.385 e. The third-order valence-corrected chi connectivity index (χ3v) is 4.31. The molecule has 0 amide bonds. The van der Waals surface area contributed by atoms with Gasteiger partial charge in [-0.3, -0.25) is 4.79 Å². The van der Waals surface area contributed by atoms with Crippen LogP contribution in [0.1, 0.15) is 33.1 Å². The summed E-state index contributed by atoms with van der Waals surface area (Å²) in [5.74, 6) is 0.593. The van der Waals surface area contributed by atoms with E-state index in [1.165, 1.54) is 0 Å². The molecule has 1 fully saturated rings. The molecule has 1 N–H and O–H groups in total. The van der Waals surface area contributed by atoms with Crippen molar-refractivity contribution in [2.75, 3.05) is 31.7 Å². The molecule has 0 unspecified atom stereocenters. The first kappa shape index (κ1) is 17.0. The molecule has 1 aliphatic rings. The summed E-state index contributed by atoms with van der Waals surface area (Å²) < 4.78 is 6.83. The zero-order chi connectivity index (χ0) is 15.9. The van der Waals surface area contributed by atoms with Crippen LogP contribution < -0.4 is 15.8 Å². The van der Waals surface area contributed by atoms with E-state index in [1.807, 2.05) is 6.92 Å². The topological polar surface area (TPSA) is 59.4 Å². The smallest absolute Gasteiger partial charge is 0.293 e. The highest BCUT2D eigenvalue weighted by atomic mass is 16.5. The zero-order valence-electron chi connectivity index (χ0n) is 13.9. The molecule has 22 heavy (non-hydrogen) atoms. The first-order valence-corrected chi connectivity index (χ1v) is 8.21. The van der Waals surface area contributed by atoms with Crippen molar-refractivity contribution in [2.45, 2.75) is 51.7 Å². The molecule has 1 atom stereocenters. The van der Waals surface area contributed by atoms with Crippen LogP contribution in [0.3, 0.4) is 0 Å². The summed E-state index contributed by atoms with van der Waals surface area (Å²) in [6, 6.07) is 0.976. The number of nitrogens with zero attached hydrogens (tertiary/aromatic N) is 3. The molecule has 1 aliphatic heterocycles. The van der Waals surface area contributed by atoms with E-state index in [0.717, 1.165) is 39.0 Å². The van der Waals surface area contributed by atoms with Crippen LogP contribution in [-0.2, 0) is 11.3 Å². The van der Waals surface area contributed by atoms with Crippen LogP contribution in [0.5, 0.6) is 0 Å². The van der Waals surface area contributed by atoms with E-state index in [2.05, 4.69) is 22.1 Å². The van der Waals surface area contributed by atoms with Crippen molar-refractivity contribution in [3.63, 3.8) is 0 Å². The van der Waals surface area contributed by atoms with Crippen molar-refractivity contribution in [3.8, 4) is 0 Å². The fraction of sp³-hybridized carbons (Fsp3) is 0.750. The van der Waals surface area contributed by atoms with Crippen molar-refractivity contribution in [2.24, 2.45) is 0 Å². The highest BCUT2D eigenvalue weighted by molar-refractivity contribution is 5.36. The van der Waals surface area contributed by atoms with Gasteiger partial charge in [0.15, 0.2) is 5.82 Å². The van der Waals surface area contributed by atoms with Crippen LogP contribution in [0.15, 0.2) is 17.2 Å². The number of aromatic nitrogens is 2. The molecule has 0 saturated carbocycles. The molecule has 1 aromatic rings. The Bertz CT molecular complexity index is 509. The standard InChI is InChI=1S/C16H28N4O2/c1-4-19-11-8-17-15(16(19)21)20-9-5-14(6-10-20)18-13(2)7-12-22-3/h8,11,13-14,18H,4-7,9-10,12H2,1-3H3/t13-/m1/s1. The lowest BCUT2D eigenvalue weighted by Gasteiger charge is -2.34. The highest BCUT2D eigenvalue weighted by Gasteiger charge is 2.23. The summed E-state index contributed by atoms with van der Waals surface area (Å²) in [5, 5.41) is 3.65. The molecule has 0 aliphatic carbocycles. The van der Waals surface area contributed by atoms with E-state index < -0.39 is 0 Å². The molecule has 6 heteroatoms. The van der Waals surface area contributed by atoms with Crippen LogP contribution in [-0.4, -0.2) is 48.4 Å². The second kappa shape index (κ2) is 8.29. The maximum atomic E-state index is 12.3. The van der Waals surface area contributed by atoms with Crippen LogP contribution in [0, 0.1) is 0 Å². The molecule has 0 spiro atoms. The number of methoxy groups -OCH3 is 1. The number of hydrogen-bond donors (Lipinski definition) is 1. The molecular formula is C16H28N4O2. The van der Waals surface area contributed by atoms with Gasteiger partial charge in [0.2, 0.25) is 0 Å². The highest BCUT2D eigenvalue weighted by Crippen LogP contribution is 2.15. The summed E-state index contributed by atoms with van der Waals surface area (Å²) >= 11 is 0. The van der Waals surface area contributed by atoms with Crippen molar-refractivity contribution < 1.29 is 4.74 Å². The molecule has 0 aromatic carbocycles. The molecule has 1 aromatic heterocycles. The van der Waals surface area contributed by atoms with E-state index in [9.17, 15) is 4.79 Å². The van der Waals surface area contributed by atoms with E-state index in [0.29, 0.717) is 24.4 Å². The van der Waals surface area contributed by atoms with Gasteiger partial charge in [-0.15, -0.1) is 0 Å². The zero-order valence-corrected chi connectivity index (χ0v) is 13.9. The van der Waals surface area contributed by atoms with Gasteiger partial charge in [0.1, 0.15) is 0 Å². The Labute approximate surface area is 132 Å². The van der Waals surface area contributed by atoms with Crippen molar-refractivity contribution >= 4 is 5.82 Å². The first-order chi connectivity index (χ1) is 10.7. The maximum Gasteiger partial charge on any atom is 0.293 e. The summed E-state index contributed by atoms with van der Waals surface area (Å²) in [6.45, 7) is 7.41. The van der Waals surface area contributed by atoms with Gasteiger partial charge in [-0.1, -0.05) is 0 Å². The average molecular weight is 308 g/mol. The minimum Gasteiger partial charge on any atom is -0.385 e. The predicted octanol–water partition coefficient (Wildman–Crippen LogP) is 1.25. The lowest BCUT2D eigenvalue weighted by atomic mass is 10.0. The fourth-order valence-corrected chi connectivity index (χ4v) is 2.94. The third-order valence-electron chi connectivity index (χ3n) is 4.31. The quantitative estimate of drug-likeness (QED) is 0.821. The molecule has 0 bridgehead atoms. The molecule has 2 heterocycles. The van der Waals surface area contributed by atoms with Gasteiger partial charge >= 0.3 is 0 Å². The van der Waals surface area contributed by atoms with E-state index >= 15 is 0 Å². The first-order valence-electron chi connectivity index (χ1n) is 8.21. The Kier molecular flexibility index (Phi) is 6.39. The van der Waals surface area contributed by atoms with E-state index in [4.69, 9.17) is 4.74 Å². The van der Waals surface area contributed by atoms with Crippen LogP contribution in [0.2, 0.25) is 0 Å². The summed E-state index contributed by atoms with van der Waals surface area (Å²) in [5.41, 5.74) is 0.0184. The summed E-state index contributed by atoms with van der Waals surface area (Å²) in [6.07, 6.45) is 6.58. The number of piperidine rings is 1. The van der Waals surface area contributed by atoms with Crippen molar-refractivity contribution in [3.05, 3.63) is 22.7 Å². The van der Waals surface area contributed by atoms with Gasteiger partial charge < -0.3 is 19.5 Å². The SMILES string of the molecule is CCn1ccnc(N2CCC(N[C@H](C)CCOC)CC2)c1=O. The number of nitrogens with one attached hydrogen (secondary N) is 1. The fourth-order valence-electron chi connectivity index (χ4n) is 2.94. The lowest BCUT2D eigenvalue weighted by Crippen LogP contribution is -2.47. The van der Waals surface area contributed by atoms with Crippen LogP contribution in [0.25, 0.3) is 0 Å². The van der Waals surface area contributed by atoms with Gasteiger partial charge in [0.25, 0.3) is 5.56 Å². The van der Waals surface area contributed by atoms with E-state index in [1.54, 1.807) is 24.1 Å². The molecule has 124 valence electrons. The second-order valence-electron chi connectivity index (χ2n) is 5.95. The third kappa shape index (κ3) is 4.30. The number of anilines is 1. The molecule has 1 saturated heterocycles. The van der Waals surface area contributed by atoms with Gasteiger partial charge in [-0.25, -0.2) is 4.98 Å². The lowest BCUT2D eigenvalue weighted by molar-refractivity contribution is 0.181. The van der Waals surface area contributed by atoms with Gasteiger partial charge in [0.05, 0.1) is 0 Å². The minimum absolute atomic E-state index is 0.0184. The number of ether oxygens (including phenoxy) is 1. The normalized spacial score (nSPS) is 17.7. The number of hydrogen-bond acceptors (Lipinski definition) is 5. The Morgan fingerprint density at radius 2 is 2.18 bits per heavy atom. The molecular weight excluding hydrogens is 280 g/mol. The van der Waals surface area contributed by atoms with Crippen molar-refractivity contribution in [1.82, 2.24) is 14.9 Å². The second-order valence-corrected chi connectivity index (χ2v) is 5.95. The predicted molar refractivity (Wildman–Crippen MR) is 88.5 cm³/mol. The van der Waals surface area contributed by atoms with Gasteiger partial charge in [0, 0.05) is 57.8 Å².